The van der Waals surface area contributed by atoms with Crippen LogP contribution in [0, 0.1) is 0 Å². The van der Waals surface area contributed by atoms with E-state index < -0.39 is 11.1 Å². The van der Waals surface area contributed by atoms with Crippen LogP contribution in [0.4, 0.5) is 0 Å². The Kier molecular flexibility index (Phi) is 4.80. The number of fused-ring (bicyclic) bond motifs is 1. The van der Waals surface area contributed by atoms with Gasteiger partial charge in [0.15, 0.2) is 0 Å². The van der Waals surface area contributed by atoms with Gasteiger partial charge in [0, 0.05) is 19.7 Å². The molecule has 0 aliphatic carbocycles. The summed E-state index contributed by atoms with van der Waals surface area (Å²) in [6.45, 7) is 3.19. The first kappa shape index (κ1) is 16.4. The molecule has 0 saturated carbocycles. The largest absolute Gasteiger partial charge is 0.376 e. The summed E-state index contributed by atoms with van der Waals surface area (Å²) >= 11 is 0. The van der Waals surface area contributed by atoms with Crippen LogP contribution in [-0.2, 0) is 22.6 Å². The van der Waals surface area contributed by atoms with Crippen molar-refractivity contribution in [2.45, 2.75) is 39.0 Å². The van der Waals surface area contributed by atoms with E-state index >= 15 is 0 Å². The zero-order valence-corrected chi connectivity index (χ0v) is 13.7. The SMILES string of the molecule is CCn1c(=O)c(=O)n(CC(=O)NCC2CCCO2)c2ccccc21. The fourth-order valence-corrected chi connectivity index (χ4v) is 3.07. The lowest BCUT2D eigenvalue weighted by Gasteiger charge is -2.15. The number of hydrogen-bond donors (Lipinski definition) is 1. The fraction of sp³-hybridized carbons (Fsp3) is 0.471. The van der Waals surface area contributed by atoms with Crippen LogP contribution >= 0.6 is 0 Å². The van der Waals surface area contributed by atoms with E-state index in [1.54, 1.807) is 24.3 Å². The summed E-state index contributed by atoms with van der Waals surface area (Å²) in [6, 6.07) is 7.11. The quantitative estimate of drug-likeness (QED) is 0.808. The van der Waals surface area contributed by atoms with Gasteiger partial charge in [0.2, 0.25) is 5.91 Å². The van der Waals surface area contributed by atoms with E-state index in [2.05, 4.69) is 5.32 Å². The maximum atomic E-state index is 12.4. The number of nitrogens with one attached hydrogen (secondary N) is 1. The van der Waals surface area contributed by atoms with Crippen LogP contribution in [0.1, 0.15) is 19.8 Å². The number of carbonyl (C=O) groups is 1. The Balaban J connectivity index is 1.88. The maximum Gasteiger partial charge on any atom is 0.317 e. The second-order valence-electron chi connectivity index (χ2n) is 5.87. The molecule has 1 unspecified atom stereocenters. The average Bonchev–Trinajstić information content (AvgIpc) is 3.11. The number of ether oxygens (including phenoxy) is 1. The van der Waals surface area contributed by atoms with Crippen LogP contribution in [0.15, 0.2) is 33.9 Å². The van der Waals surface area contributed by atoms with Gasteiger partial charge in [0.25, 0.3) is 0 Å². The smallest absolute Gasteiger partial charge is 0.317 e. The predicted octanol–water partition coefficient (Wildman–Crippen LogP) is 0.478. The lowest BCUT2D eigenvalue weighted by Crippen LogP contribution is -2.44. The topological polar surface area (TPSA) is 82.3 Å². The molecule has 1 aromatic carbocycles. The van der Waals surface area contributed by atoms with Crippen LogP contribution in [0.25, 0.3) is 11.0 Å². The number of amides is 1. The van der Waals surface area contributed by atoms with Crippen molar-refractivity contribution < 1.29 is 9.53 Å². The third-order valence-corrected chi connectivity index (χ3v) is 4.31. The van der Waals surface area contributed by atoms with Crippen molar-refractivity contribution in [2.24, 2.45) is 0 Å². The number of nitrogens with zero attached hydrogens (tertiary/aromatic N) is 2. The Morgan fingerprint density at radius 2 is 1.88 bits per heavy atom. The summed E-state index contributed by atoms with van der Waals surface area (Å²) < 4.78 is 8.13. The van der Waals surface area contributed by atoms with Crippen molar-refractivity contribution in [3.05, 3.63) is 45.0 Å². The van der Waals surface area contributed by atoms with Gasteiger partial charge in [-0.15, -0.1) is 0 Å². The minimum absolute atomic E-state index is 0.0375. The van der Waals surface area contributed by atoms with E-state index in [0.717, 1.165) is 19.4 Å². The summed E-state index contributed by atoms with van der Waals surface area (Å²) in [7, 11) is 0. The molecule has 128 valence electrons. The molecule has 1 amide bonds. The van der Waals surface area contributed by atoms with Crippen LogP contribution < -0.4 is 16.4 Å². The van der Waals surface area contributed by atoms with Crippen molar-refractivity contribution in [1.82, 2.24) is 14.5 Å². The lowest BCUT2D eigenvalue weighted by molar-refractivity contribution is -0.122. The molecule has 3 rings (SSSR count). The maximum absolute atomic E-state index is 12.4. The van der Waals surface area contributed by atoms with Crippen LogP contribution in [0.5, 0.6) is 0 Å². The summed E-state index contributed by atoms with van der Waals surface area (Å²) in [5, 5.41) is 2.78. The van der Waals surface area contributed by atoms with Gasteiger partial charge >= 0.3 is 11.1 Å². The summed E-state index contributed by atoms with van der Waals surface area (Å²) in [5.41, 5.74) is -0.0568. The van der Waals surface area contributed by atoms with Crippen LogP contribution in [0.2, 0.25) is 0 Å². The van der Waals surface area contributed by atoms with Crippen molar-refractivity contribution in [2.75, 3.05) is 13.2 Å². The molecular formula is C17H21N3O4. The molecule has 7 heteroatoms. The molecule has 1 aliphatic rings. The first-order valence-corrected chi connectivity index (χ1v) is 8.22. The molecule has 0 bridgehead atoms. The number of rotatable bonds is 5. The molecule has 2 aromatic rings. The first-order chi connectivity index (χ1) is 11.6. The minimum atomic E-state index is -0.678. The second kappa shape index (κ2) is 7.00. The highest BCUT2D eigenvalue weighted by molar-refractivity contribution is 5.80. The zero-order chi connectivity index (χ0) is 17.1. The minimum Gasteiger partial charge on any atom is -0.376 e. The number of hydrogen-bond acceptors (Lipinski definition) is 4. The molecule has 0 radical (unpaired) electrons. The predicted molar refractivity (Wildman–Crippen MR) is 90.1 cm³/mol. The van der Waals surface area contributed by atoms with Gasteiger partial charge in [0.1, 0.15) is 6.54 Å². The van der Waals surface area contributed by atoms with E-state index in [0.29, 0.717) is 24.1 Å². The third-order valence-electron chi connectivity index (χ3n) is 4.31. The molecule has 24 heavy (non-hydrogen) atoms. The number of aromatic nitrogens is 2. The van der Waals surface area contributed by atoms with Crippen molar-refractivity contribution in [1.29, 1.82) is 0 Å². The summed E-state index contributed by atoms with van der Waals surface area (Å²) in [6.07, 6.45) is 1.96. The second-order valence-corrected chi connectivity index (χ2v) is 5.87. The van der Waals surface area contributed by atoms with E-state index in [-0.39, 0.29) is 18.6 Å². The molecule has 2 heterocycles. The van der Waals surface area contributed by atoms with Gasteiger partial charge < -0.3 is 14.6 Å². The molecular weight excluding hydrogens is 310 g/mol. The van der Waals surface area contributed by atoms with Gasteiger partial charge in [0.05, 0.1) is 17.1 Å². The fourth-order valence-electron chi connectivity index (χ4n) is 3.07. The molecule has 1 N–H and O–H groups in total. The number of para-hydroxylation sites is 2. The number of benzene rings is 1. The monoisotopic (exact) mass is 331 g/mol. The molecule has 1 aromatic heterocycles. The molecule has 0 spiro atoms. The van der Waals surface area contributed by atoms with Gasteiger partial charge in [-0.3, -0.25) is 19.0 Å². The molecule has 1 aliphatic heterocycles. The van der Waals surface area contributed by atoms with Crippen LogP contribution in [-0.4, -0.2) is 34.3 Å². The summed E-state index contributed by atoms with van der Waals surface area (Å²) in [4.78, 5) is 36.8. The Morgan fingerprint density at radius 1 is 1.21 bits per heavy atom. The molecule has 1 atom stereocenters. The van der Waals surface area contributed by atoms with Crippen molar-refractivity contribution in [3.8, 4) is 0 Å². The van der Waals surface area contributed by atoms with Gasteiger partial charge in [-0.25, -0.2) is 0 Å². The Bertz CT molecular complexity index is 862. The average molecular weight is 331 g/mol. The van der Waals surface area contributed by atoms with Crippen LogP contribution in [0.3, 0.4) is 0 Å². The lowest BCUT2D eigenvalue weighted by atomic mass is 10.2. The van der Waals surface area contributed by atoms with Gasteiger partial charge in [-0.1, -0.05) is 12.1 Å². The van der Waals surface area contributed by atoms with Gasteiger partial charge in [-0.2, -0.15) is 0 Å². The van der Waals surface area contributed by atoms with Crippen molar-refractivity contribution in [3.63, 3.8) is 0 Å². The number of carbonyl (C=O) groups excluding carboxylic acids is 1. The van der Waals surface area contributed by atoms with Crippen molar-refractivity contribution >= 4 is 16.9 Å². The Hall–Kier alpha value is -2.41. The van der Waals surface area contributed by atoms with E-state index in [1.807, 2.05) is 6.92 Å². The van der Waals surface area contributed by atoms with Gasteiger partial charge in [-0.05, 0) is 31.9 Å². The first-order valence-electron chi connectivity index (χ1n) is 8.22. The highest BCUT2D eigenvalue weighted by Crippen LogP contribution is 2.11. The van der Waals surface area contributed by atoms with E-state index in [9.17, 15) is 14.4 Å². The normalized spacial score (nSPS) is 17.3. The molecule has 1 fully saturated rings. The molecule has 7 nitrogen and oxygen atoms in total. The Labute approximate surface area is 138 Å². The Morgan fingerprint density at radius 3 is 2.50 bits per heavy atom. The highest BCUT2D eigenvalue weighted by Gasteiger charge is 2.18. The molecule has 1 saturated heterocycles. The third kappa shape index (κ3) is 3.12. The highest BCUT2D eigenvalue weighted by atomic mass is 16.5. The zero-order valence-electron chi connectivity index (χ0n) is 13.7. The van der Waals surface area contributed by atoms with E-state index in [4.69, 9.17) is 4.74 Å². The number of aryl methyl sites for hydroxylation is 1. The summed E-state index contributed by atoms with van der Waals surface area (Å²) in [5.74, 6) is -0.300. The standard InChI is InChI=1S/C17H21N3O4/c1-2-19-13-7-3-4-8-14(13)20(17(23)16(19)22)11-15(21)18-10-12-6-5-9-24-12/h3-4,7-8,12H,2,5-6,9-11H2,1H3,(H,18,21). The van der Waals surface area contributed by atoms with E-state index in [1.165, 1.54) is 9.13 Å².